The molecule has 1 amide bonds. The number of carbonyl (C=O) groups is 1. The average molecular weight is 388 g/mol. The normalized spacial score (nSPS) is 19.9. The summed E-state index contributed by atoms with van der Waals surface area (Å²) in [5, 5.41) is 0.749. The SMILES string of the molecule is O=C(CC1(n2cccc2)CCOCC1)N1CCN(c2ccc(Cl)cc2)CC1. The van der Waals surface area contributed by atoms with Crippen molar-refractivity contribution in [2.24, 2.45) is 0 Å². The van der Waals surface area contributed by atoms with Gasteiger partial charge in [-0.1, -0.05) is 11.6 Å². The van der Waals surface area contributed by atoms with Crippen molar-refractivity contribution in [1.29, 1.82) is 0 Å². The van der Waals surface area contributed by atoms with Crippen LogP contribution in [-0.2, 0) is 15.1 Å². The van der Waals surface area contributed by atoms with Crippen LogP contribution in [0.5, 0.6) is 0 Å². The highest BCUT2D eigenvalue weighted by Gasteiger charge is 2.37. The maximum absolute atomic E-state index is 13.1. The number of hydrogen-bond acceptors (Lipinski definition) is 3. The van der Waals surface area contributed by atoms with E-state index in [1.165, 1.54) is 5.69 Å². The lowest BCUT2D eigenvalue weighted by atomic mass is 9.85. The monoisotopic (exact) mass is 387 g/mol. The summed E-state index contributed by atoms with van der Waals surface area (Å²) in [6, 6.07) is 12.0. The number of carbonyl (C=O) groups excluding carboxylic acids is 1. The molecule has 4 rings (SSSR count). The summed E-state index contributed by atoms with van der Waals surface area (Å²) in [5.41, 5.74) is 1.02. The van der Waals surface area contributed by atoms with Crippen LogP contribution in [0.3, 0.4) is 0 Å². The van der Waals surface area contributed by atoms with Gasteiger partial charge in [0.2, 0.25) is 5.91 Å². The number of rotatable bonds is 4. The minimum atomic E-state index is -0.147. The highest BCUT2D eigenvalue weighted by molar-refractivity contribution is 6.30. The lowest BCUT2D eigenvalue weighted by molar-refractivity contribution is -0.135. The lowest BCUT2D eigenvalue weighted by Crippen LogP contribution is -2.51. The second kappa shape index (κ2) is 7.95. The van der Waals surface area contributed by atoms with Crippen LogP contribution in [0.4, 0.5) is 5.69 Å². The summed E-state index contributed by atoms with van der Waals surface area (Å²) in [7, 11) is 0. The molecule has 3 heterocycles. The third-order valence-electron chi connectivity index (χ3n) is 5.88. The maximum atomic E-state index is 13.1. The number of halogens is 1. The highest BCUT2D eigenvalue weighted by atomic mass is 35.5. The average Bonchev–Trinajstić information content (AvgIpc) is 3.25. The smallest absolute Gasteiger partial charge is 0.225 e. The summed E-state index contributed by atoms with van der Waals surface area (Å²) in [5.74, 6) is 0.251. The summed E-state index contributed by atoms with van der Waals surface area (Å²) >= 11 is 5.98. The van der Waals surface area contributed by atoms with Crippen LogP contribution >= 0.6 is 11.6 Å². The molecule has 2 fully saturated rings. The molecule has 0 unspecified atom stereocenters. The Bertz CT molecular complexity index is 746. The first-order valence-electron chi connectivity index (χ1n) is 9.66. The van der Waals surface area contributed by atoms with E-state index in [-0.39, 0.29) is 11.4 Å². The predicted molar refractivity (Wildman–Crippen MR) is 107 cm³/mol. The molecule has 0 spiro atoms. The van der Waals surface area contributed by atoms with Crippen molar-refractivity contribution in [2.75, 3.05) is 44.3 Å². The molecule has 6 heteroatoms. The van der Waals surface area contributed by atoms with Crippen LogP contribution in [0.25, 0.3) is 0 Å². The molecule has 0 bridgehead atoms. The fourth-order valence-corrected chi connectivity index (χ4v) is 4.31. The van der Waals surface area contributed by atoms with Crippen LogP contribution in [-0.4, -0.2) is 54.8 Å². The van der Waals surface area contributed by atoms with Gasteiger partial charge in [-0.05, 0) is 49.2 Å². The zero-order chi connectivity index (χ0) is 18.7. The Morgan fingerprint density at radius 2 is 1.63 bits per heavy atom. The third-order valence-corrected chi connectivity index (χ3v) is 6.13. The van der Waals surface area contributed by atoms with Crippen LogP contribution < -0.4 is 4.90 Å². The van der Waals surface area contributed by atoms with E-state index in [2.05, 4.69) is 21.9 Å². The van der Waals surface area contributed by atoms with Crippen molar-refractivity contribution in [3.05, 3.63) is 53.8 Å². The number of aromatic nitrogens is 1. The Labute approximate surface area is 165 Å². The Kier molecular flexibility index (Phi) is 5.41. The molecule has 1 aromatic heterocycles. The molecule has 2 aromatic rings. The predicted octanol–water partition coefficient (Wildman–Crippen LogP) is 3.39. The van der Waals surface area contributed by atoms with Crippen LogP contribution in [0.1, 0.15) is 19.3 Å². The molecule has 144 valence electrons. The minimum Gasteiger partial charge on any atom is -0.381 e. The van der Waals surface area contributed by atoms with Gasteiger partial charge in [0.15, 0.2) is 0 Å². The fourth-order valence-electron chi connectivity index (χ4n) is 4.19. The van der Waals surface area contributed by atoms with Crippen molar-refractivity contribution in [1.82, 2.24) is 9.47 Å². The zero-order valence-corrected chi connectivity index (χ0v) is 16.3. The molecule has 0 saturated carbocycles. The number of amides is 1. The summed E-state index contributed by atoms with van der Waals surface area (Å²) in [4.78, 5) is 17.4. The first-order chi connectivity index (χ1) is 13.2. The van der Waals surface area contributed by atoms with Crippen LogP contribution in [0.2, 0.25) is 5.02 Å². The van der Waals surface area contributed by atoms with Gasteiger partial charge in [-0.25, -0.2) is 0 Å². The number of ether oxygens (including phenoxy) is 1. The molecular weight excluding hydrogens is 362 g/mol. The minimum absolute atomic E-state index is 0.147. The van der Waals surface area contributed by atoms with E-state index >= 15 is 0 Å². The Morgan fingerprint density at radius 3 is 2.26 bits per heavy atom. The lowest BCUT2D eigenvalue weighted by Gasteiger charge is -2.41. The molecule has 2 aliphatic rings. The van der Waals surface area contributed by atoms with E-state index in [4.69, 9.17) is 16.3 Å². The Hall–Kier alpha value is -1.98. The molecular formula is C21H26ClN3O2. The first-order valence-corrected chi connectivity index (χ1v) is 10.0. The number of anilines is 1. The van der Waals surface area contributed by atoms with Crippen LogP contribution in [0.15, 0.2) is 48.8 Å². The fraction of sp³-hybridized carbons (Fsp3) is 0.476. The molecule has 0 aliphatic carbocycles. The molecule has 0 N–H and O–H groups in total. The zero-order valence-electron chi connectivity index (χ0n) is 15.5. The first kappa shape index (κ1) is 18.4. The van der Waals surface area contributed by atoms with Crippen molar-refractivity contribution in [3.63, 3.8) is 0 Å². The third kappa shape index (κ3) is 3.99. The maximum Gasteiger partial charge on any atom is 0.225 e. The molecule has 2 aliphatic heterocycles. The number of hydrogen-bond donors (Lipinski definition) is 0. The van der Waals surface area contributed by atoms with Gasteiger partial charge in [-0.15, -0.1) is 0 Å². The summed E-state index contributed by atoms with van der Waals surface area (Å²) < 4.78 is 7.79. The van der Waals surface area contributed by atoms with Crippen LogP contribution in [0, 0.1) is 0 Å². The van der Waals surface area contributed by atoms with E-state index in [9.17, 15) is 4.79 Å². The number of nitrogens with zero attached hydrogens (tertiary/aromatic N) is 3. The topological polar surface area (TPSA) is 37.7 Å². The molecule has 1 aromatic carbocycles. The largest absolute Gasteiger partial charge is 0.381 e. The van der Waals surface area contributed by atoms with Gasteiger partial charge in [0, 0.05) is 62.5 Å². The quantitative estimate of drug-likeness (QED) is 0.807. The van der Waals surface area contributed by atoms with Gasteiger partial charge in [0.05, 0.1) is 12.0 Å². The Morgan fingerprint density at radius 1 is 1.00 bits per heavy atom. The second-order valence-corrected chi connectivity index (χ2v) is 7.88. The number of benzene rings is 1. The van der Waals surface area contributed by atoms with Crippen molar-refractivity contribution in [2.45, 2.75) is 24.8 Å². The summed E-state index contributed by atoms with van der Waals surface area (Å²) in [6.45, 7) is 4.67. The molecule has 0 radical (unpaired) electrons. The highest BCUT2D eigenvalue weighted by Crippen LogP contribution is 2.34. The van der Waals surface area contributed by atoms with Gasteiger partial charge in [-0.3, -0.25) is 4.79 Å². The Balaban J connectivity index is 1.39. The van der Waals surface area contributed by atoms with Gasteiger partial charge < -0.3 is 19.1 Å². The van der Waals surface area contributed by atoms with E-state index in [1.807, 2.05) is 41.3 Å². The van der Waals surface area contributed by atoms with Gasteiger partial charge in [-0.2, -0.15) is 0 Å². The van der Waals surface area contributed by atoms with Crippen molar-refractivity contribution < 1.29 is 9.53 Å². The van der Waals surface area contributed by atoms with Gasteiger partial charge in [0.1, 0.15) is 0 Å². The number of piperazine rings is 1. The van der Waals surface area contributed by atoms with E-state index in [0.717, 1.165) is 57.3 Å². The van der Waals surface area contributed by atoms with Crippen molar-refractivity contribution in [3.8, 4) is 0 Å². The van der Waals surface area contributed by atoms with E-state index < -0.39 is 0 Å². The second-order valence-electron chi connectivity index (χ2n) is 7.45. The molecule has 0 atom stereocenters. The van der Waals surface area contributed by atoms with E-state index in [0.29, 0.717) is 6.42 Å². The van der Waals surface area contributed by atoms with Gasteiger partial charge in [0.25, 0.3) is 0 Å². The molecule has 5 nitrogen and oxygen atoms in total. The summed E-state index contributed by atoms with van der Waals surface area (Å²) in [6.07, 6.45) is 6.48. The van der Waals surface area contributed by atoms with E-state index in [1.54, 1.807) is 0 Å². The van der Waals surface area contributed by atoms with Gasteiger partial charge >= 0.3 is 0 Å². The standard InChI is InChI=1S/C21H26ClN3O2/c22-18-3-5-19(6-4-18)23-11-13-24(14-12-23)20(26)17-21(7-15-27-16-8-21)25-9-1-2-10-25/h1-6,9-10H,7-8,11-17H2. The molecule has 2 saturated heterocycles. The van der Waals surface area contributed by atoms with Crippen molar-refractivity contribution >= 4 is 23.2 Å². The molecule has 27 heavy (non-hydrogen) atoms.